The first-order valence-corrected chi connectivity index (χ1v) is 8.60. The Hall–Kier alpha value is -3.81. The highest BCUT2D eigenvalue weighted by Crippen LogP contribution is 2.33. The van der Waals surface area contributed by atoms with Gasteiger partial charge in [0, 0.05) is 41.3 Å². The van der Waals surface area contributed by atoms with Crippen molar-refractivity contribution in [2.75, 3.05) is 0 Å². The number of nitrogens with zero attached hydrogens (tertiary/aromatic N) is 4. The van der Waals surface area contributed by atoms with Crippen LogP contribution in [0.3, 0.4) is 0 Å². The molecule has 4 rings (SSSR count). The second-order valence-electron chi connectivity index (χ2n) is 6.42. The molecule has 0 N–H and O–H groups in total. The molecule has 0 saturated carbocycles. The van der Waals surface area contributed by atoms with Crippen molar-refractivity contribution in [2.24, 2.45) is 5.10 Å². The molecule has 1 unspecified atom stereocenters. The number of amides is 1. The summed E-state index contributed by atoms with van der Waals surface area (Å²) in [6, 6.07) is 15.4. The number of nitro groups is 1. The Balaban J connectivity index is 1.76. The summed E-state index contributed by atoms with van der Waals surface area (Å²) in [5, 5.41) is 17.4. The van der Waals surface area contributed by atoms with Crippen LogP contribution in [0.5, 0.6) is 0 Å². The highest BCUT2D eigenvalue weighted by molar-refractivity contribution is 6.07. The third kappa shape index (κ3) is 3.05. The van der Waals surface area contributed by atoms with Gasteiger partial charge in [-0.25, -0.2) is 0 Å². The molecule has 0 saturated heterocycles. The molecular weight excluding hydrogens is 360 g/mol. The summed E-state index contributed by atoms with van der Waals surface area (Å²) >= 11 is 0. The van der Waals surface area contributed by atoms with Gasteiger partial charge in [0.2, 0.25) is 18.0 Å². The van der Waals surface area contributed by atoms with Crippen molar-refractivity contribution in [1.29, 1.82) is 0 Å². The molecule has 2 heterocycles. The largest absolute Gasteiger partial charge is 0.446 e. The summed E-state index contributed by atoms with van der Waals surface area (Å²) in [4.78, 5) is 27.0. The van der Waals surface area contributed by atoms with E-state index >= 15 is 0 Å². The van der Waals surface area contributed by atoms with Gasteiger partial charge >= 0.3 is 0 Å². The molecule has 0 radical (unpaired) electrons. The first-order valence-electron chi connectivity index (χ1n) is 8.60. The number of non-ortho nitro benzene ring substituents is 1. The molecule has 1 atom stereocenters. The Bertz CT molecular complexity index is 1120. The van der Waals surface area contributed by atoms with E-state index in [1.54, 1.807) is 12.1 Å². The van der Waals surface area contributed by atoms with Gasteiger partial charge in [-0.2, -0.15) is 5.01 Å². The van der Waals surface area contributed by atoms with Gasteiger partial charge in [-0.1, -0.05) is 18.2 Å². The quantitative estimate of drug-likeness (QED) is 0.513. The first kappa shape index (κ1) is 17.6. The summed E-state index contributed by atoms with van der Waals surface area (Å²) in [6.07, 6.45) is -0.791. The maximum absolute atomic E-state index is 12.1. The van der Waals surface area contributed by atoms with Gasteiger partial charge in [0.15, 0.2) is 0 Å². The van der Waals surface area contributed by atoms with Gasteiger partial charge in [-0.3, -0.25) is 19.9 Å². The third-order valence-corrected chi connectivity index (χ3v) is 4.43. The number of benzene rings is 2. The molecule has 1 aliphatic heterocycles. The number of aryl methyl sites for hydroxylation is 1. The molecule has 140 valence electrons. The summed E-state index contributed by atoms with van der Waals surface area (Å²) in [5.41, 5.74) is 2.89. The van der Waals surface area contributed by atoms with E-state index in [4.69, 9.17) is 4.74 Å². The highest BCUT2D eigenvalue weighted by Gasteiger charge is 2.34. The lowest BCUT2D eigenvalue weighted by atomic mass is 10.1. The Morgan fingerprint density at radius 2 is 1.89 bits per heavy atom. The minimum Gasteiger partial charge on any atom is -0.446 e. The van der Waals surface area contributed by atoms with Gasteiger partial charge in [-0.15, -0.1) is 5.10 Å². The maximum Gasteiger partial charge on any atom is 0.269 e. The highest BCUT2D eigenvalue weighted by atomic mass is 16.6. The number of carbonyl (C=O) groups excluding carboxylic acids is 1. The van der Waals surface area contributed by atoms with Crippen LogP contribution in [0.1, 0.15) is 30.0 Å². The number of para-hydroxylation sites is 1. The fraction of sp³-hybridized carbons (Fsp3) is 0.150. The smallest absolute Gasteiger partial charge is 0.269 e. The van der Waals surface area contributed by atoms with Crippen LogP contribution in [-0.2, 0) is 9.53 Å². The molecule has 8 heteroatoms. The molecule has 28 heavy (non-hydrogen) atoms. The second-order valence-corrected chi connectivity index (χ2v) is 6.42. The SMILES string of the molecule is CC(=O)N1N=C(c2cc(C)nc3ccccc23)OC1c1ccc([N+](=O)[O-])cc1. The number of nitro benzene ring substituents is 1. The molecule has 8 nitrogen and oxygen atoms in total. The van der Waals surface area contributed by atoms with E-state index in [9.17, 15) is 14.9 Å². The van der Waals surface area contributed by atoms with E-state index in [1.807, 2.05) is 37.3 Å². The number of carbonyl (C=O) groups is 1. The molecule has 0 spiro atoms. The minimum absolute atomic E-state index is 0.0342. The molecule has 0 bridgehead atoms. The van der Waals surface area contributed by atoms with E-state index in [0.717, 1.165) is 22.2 Å². The van der Waals surface area contributed by atoms with Crippen LogP contribution in [0.2, 0.25) is 0 Å². The number of fused-ring (bicyclic) bond motifs is 1. The number of pyridine rings is 1. The number of aromatic nitrogens is 1. The van der Waals surface area contributed by atoms with Crippen LogP contribution in [0.25, 0.3) is 10.9 Å². The fourth-order valence-electron chi connectivity index (χ4n) is 3.14. The molecule has 0 aliphatic carbocycles. The molecule has 1 amide bonds. The fourth-order valence-corrected chi connectivity index (χ4v) is 3.14. The van der Waals surface area contributed by atoms with Gasteiger partial charge in [0.25, 0.3) is 5.69 Å². The van der Waals surface area contributed by atoms with Crippen molar-refractivity contribution >= 4 is 28.4 Å². The number of hydrogen-bond donors (Lipinski definition) is 0. The number of hydrogen-bond acceptors (Lipinski definition) is 6. The van der Waals surface area contributed by atoms with Crippen molar-refractivity contribution in [1.82, 2.24) is 9.99 Å². The molecule has 3 aromatic rings. The number of ether oxygens (including phenoxy) is 1. The number of hydrazone groups is 1. The maximum atomic E-state index is 12.1. The molecule has 0 fully saturated rings. The van der Waals surface area contributed by atoms with E-state index in [0.29, 0.717) is 11.5 Å². The van der Waals surface area contributed by atoms with Crippen molar-refractivity contribution in [3.8, 4) is 0 Å². The summed E-state index contributed by atoms with van der Waals surface area (Å²) < 4.78 is 6.03. The molecule has 2 aromatic carbocycles. The van der Waals surface area contributed by atoms with E-state index in [2.05, 4.69) is 10.1 Å². The Kier molecular flexibility index (Phi) is 4.23. The monoisotopic (exact) mass is 376 g/mol. The lowest BCUT2D eigenvalue weighted by Gasteiger charge is -2.19. The van der Waals surface area contributed by atoms with Crippen molar-refractivity contribution < 1.29 is 14.5 Å². The Labute approximate surface area is 160 Å². The van der Waals surface area contributed by atoms with Crippen LogP contribution < -0.4 is 0 Å². The lowest BCUT2D eigenvalue weighted by molar-refractivity contribution is -0.384. The summed E-state index contributed by atoms with van der Waals surface area (Å²) in [6.45, 7) is 3.27. The Morgan fingerprint density at radius 1 is 1.18 bits per heavy atom. The van der Waals surface area contributed by atoms with Crippen molar-refractivity contribution in [3.05, 3.63) is 81.5 Å². The van der Waals surface area contributed by atoms with E-state index in [-0.39, 0.29) is 11.6 Å². The van der Waals surface area contributed by atoms with Crippen molar-refractivity contribution in [2.45, 2.75) is 20.1 Å². The topological polar surface area (TPSA) is 97.9 Å². The van der Waals surface area contributed by atoms with Gasteiger partial charge in [0.05, 0.1) is 10.4 Å². The van der Waals surface area contributed by atoms with Crippen LogP contribution in [0, 0.1) is 17.0 Å². The summed E-state index contributed by atoms with van der Waals surface area (Å²) in [5.74, 6) is 0.00805. The molecular formula is C20H16N4O4. The zero-order valence-electron chi connectivity index (χ0n) is 15.2. The van der Waals surface area contributed by atoms with E-state index < -0.39 is 11.2 Å². The van der Waals surface area contributed by atoms with Gasteiger partial charge in [0.1, 0.15) is 0 Å². The Morgan fingerprint density at radius 3 is 2.57 bits per heavy atom. The van der Waals surface area contributed by atoms with Crippen molar-refractivity contribution in [3.63, 3.8) is 0 Å². The number of rotatable bonds is 3. The second kappa shape index (κ2) is 6.73. The van der Waals surface area contributed by atoms with Gasteiger partial charge < -0.3 is 4.74 Å². The third-order valence-electron chi connectivity index (χ3n) is 4.43. The predicted octanol–water partition coefficient (Wildman–Crippen LogP) is 3.69. The zero-order chi connectivity index (χ0) is 19.8. The summed E-state index contributed by atoms with van der Waals surface area (Å²) in [7, 11) is 0. The van der Waals surface area contributed by atoms with E-state index in [1.165, 1.54) is 24.1 Å². The molecule has 1 aromatic heterocycles. The van der Waals surface area contributed by atoms with Crippen LogP contribution in [-0.4, -0.2) is 26.7 Å². The zero-order valence-corrected chi connectivity index (χ0v) is 15.2. The van der Waals surface area contributed by atoms with Crippen LogP contribution >= 0.6 is 0 Å². The lowest BCUT2D eigenvalue weighted by Crippen LogP contribution is -2.25. The van der Waals surface area contributed by atoms with Crippen LogP contribution in [0.15, 0.2) is 59.7 Å². The average molecular weight is 376 g/mol. The van der Waals surface area contributed by atoms with Crippen LogP contribution in [0.4, 0.5) is 5.69 Å². The standard InChI is InChI=1S/C20H16N4O4/c1-12-11-17(16-5-3-4-6-18(16)21-12)19-22-23(13(2)25)20(28-19)14-7-9-15(10-8-14)24(26)27/h3-11,20H,1-2H3. The minimum atomic E-state index is -0.791. The average Bonchev–Trinajstić information content (AvgIpc) is 3.13. The molecule has 1 aliphatic rings. The normalized spacial score (nSPS) is 16.0. The van der Waals surface area contributed by atoms with Gasteiger partial charge in [-0.05, 0) is 31.2 Å². The first-order chi connectivity index (χ1) is 13.4. The predicted molar refractivity (Wildman–Crippen MR) is 102 cm³/mol.